The summed E-state index contributed by atoms with van der Waals surface area (Å²) in [6.07, 6.45) is 4.47. The van der Waals surface area contributed by atoms with E-state index in [2.05, 4.69) is 58.0 Å². The highest BCUT2D eigenvalue weighted by atomic mass is 16.5. The van der Waals surface area contributed by atoms with Crippen molar-refractivity contribution in [2.45, 2.75) is 50.9 Å². The minimum absolute atomic E-state index is 0.397. The highest BCUT2D eigenvalue weighted by Crippen LogP contribution is 2.26. The van der Waals surface area contributed by atoms with Gasteiger partial charge in [0, 0.05) is 38.1 Å². The summed E-state index contributed by atoms with van der Waals surface area (Å²) in [5, 5.41) is 8.43. The van der Waals surface area contributed by atoms with Crippen molar-refractivity contribution in [2.24, 2.45) is 0 Å². The third-order valence-electron chi connectivity index (χ3n) is 6.81. The van der Waals surface area contributed by atoms with E-state index in [0.29, 0.717) is 18.7 Å². The van der Waals surface area contributed by atoms with Gasteiger partial charge in [-0.3, -0.25) is 0 Å². The van der Waals surface area contributed by atoms with Gasteiger partial charge in [0.25, 0.3) is 0 Å². The quantitative estimate of drug-likeness (QED) is 0.316. The Balaban J connectivity index is 1.11. The van der Waals surface area contributed by atoms with E-state index in [0.717, 1.165) is 60.6 Å². The maximum absolute atomic E-state index is 5.99. The van der Waals surface area contributed by atoms with Gasteiger partial charge in [0.15, 0.2) is 0 Å². The third-order valence-corrected chi connectivity index (χ3v) is 6.81. The van der Waals surface area contributed by atoms with E-state index in [1.165, 1.54) is 11.1 Å². The van der Waals surface area contributed by atoms with Crippen LogP contribution >= 0.6 is 0 Å². The minimum Gasteiger partial charge on any atom is -0.489 e. The molecule has 0 saturated heterocycles. The lowest BCUT2D eigenvalue weighted by atomic mass is 9.91. The minimum atomic E-state index is 0.397. The molecule has 1 aromatic heterocycles. The highest BCUT2D eigenvalue weighted by molar-refractivity contribution is 5.90. The Morgan fingerprint density at radius 3 is 2.33 bits per heavy atom. The molecule has 1 fully saturated rings. The van der Waals surface area contributed by atoms with E-state index in [-0.39, 0.29) is 0 Å². The molecule has 1 saturated carbocycles. The Labute approximate surface area is 213 Å². The van der Waals surface area contributed by atoms with Crippen LogP contribution in [0.5, 0.6) is 5.75 Å². The highest BCUT2D eigenvalue weighted by Gasteiger charge is 2.22. The zero-order chi connectivity index (χ0) is 24.7. The van der Waals surface area contributed by atoms with Crippen LogP contribution < -0.4 is 20.3 Å². The Morgan fingerprint density at radius 2 is 1.53 bits per heavy atom. The zero-order valence-electron chi connectivity index (χ0n) is 21.2. The lowest BCUT2D eigenvalue weighted by molar-refractivity contribution is 0.305. The standard InChI is InChI=1S/C30H35N5O/c1-35(2)29-27-13-6-7-14-28(27)33-30(34-29)32-25-17-15-24(16-18-25)31-20-23-11-8-12-26(19-23)36-21-22-9-4-3-5-10-22/h3-14,19,24-25,31H,15-18,20-21H2,1-2H3,(H,32,33,34)/t24-,25+. The van der Waals surface area contributed by atoms with Crippen LogP contribution in [0.1, 0.15) is 36.8 Å². The van der Waals surface area contributed by atoms with Crippen molar-refractivity contribution in [3.05, 3.63) is 90.0 Å². The molecule has 36 heavy (non-hydrogen) atoms. The number of anilines is 2. The molecule has 0 unspecified atom stereocenters. The van der Waals surface area contributed by atoms with E-state index < -0.39 is 0 Å². The molecule has 0 bridgehead atoms. The third kappa shape index (κ3) is 6.13. The summed E-state index contributed by atoms with van der Waals surface area (Å²) >= 11 is 0. The fourth-order valence-corrected chi connectivity index (χ4v) is 4.84. The predicted octanol–water partition coefficient (Wildman–Crippen LogP) is 5.79. The van der Waals surface area contributed by atoms with Gasteiger partial charge in [-0.05, 0) is 61.1 Å². The van der Waals surface area contributed by atoms with Crippen LogP contribution in [0.4, 0.5) is 11.8 Å². The number of benzene rings is 3. The molecule has 186 valence electrons. The summed E-state index contributed by atoms with van der Waals surface area (Å²) in [4.78, 5) is 11.6. The fraction of sp³-hybridized carbons (Fsp3) is 0.333. The van der Waals surface area contributed by atoms with Crippen molar-refractivity contribution in [2.75, 3.05) is 24.3 Å². The van der Waals surface area contributed by atoms with Crippen molar-refractivity contribution < 1.29 is 4.74 Å². The number of para-hydroxylation sites is 1. The number of nitrogens with zero attached hydrogens (tertiary/aromatic N) is 3. The van der Waals surface area contributed by atoms with Gasteiger partial charge in [-0.15, -0.1) is 0 Å². The van der Waals surface area contributed by atoms with E-state index in [4.69, 9.17) is 14.7 Å². The maximum Gasteiger partial charge on any atom is 0.225 e. The van der Waals surface area contributed by atoms with Crippen molar-refractivity contribution in [1.82, 2.24) is 15.3 Å². The summed E-state index contributed by atoms with van der Waals surface area (Å²) in [6.45, 7) is 1.44. The topological polar surface area (TPSA) is 62.3 Å². The molecule has 1 aliphatic rings. The van der Waals surface area contributed by atoms with Crippen LogP contribution in [0.3, 0.4) is 0 Å². The summed E-state index contributed by atoms with van der Waals surface area (Å²) in [5.74, 6) is 2.59. The molecule has 0 radical (unpaired) electrons. The van der Waals surface area contributed by atoms with E-state index in [9.17, 15) is 0 Å². The Morgan fingerprint density at radius 1 is 0.806 bits per heavy atom. The first-order chi connectivity index (χ1) is 17.6. The van der Waals surface area contributed by atoms with Crippen molar-refractivity contribution in [3.63, 3.8) is 0 Å². The number of ether oxygens (including phenoxy) is 1. The Hall–Kier alpha value is -3.64. The first-order valence-electron chi connectivity index (χ1n) is 12.8. The fourth-order valence-electron chi connectivity index (χ4n) is 4.84. The number of nitrogens with one attached hydrogen (secondary N) is 2. The molecule has 6 nitrogen and oxygen atoms in total. The molecule has 3 aromatic carbocycles. The van der Waals surface area contributed by atoms with Crippen LogP contribution in [0, 0.1) is 0 Å². The normalized spacial score (nSPS) is 17.6. The lowest BCUT2D eigenvalue weighted by Gasteiger charge is -2.30. The molecule has 0 amide bonds. The van der Waals surface area contributed by atoms with Crippen LogP contribution in [-0.4, -0.2) is 36.1 Å². The van der Waals surface area contributed by atoms with Gasteiger partial charge in [0.05, 0.1) is 5.52 Å². The smallest absolute Gasteiger partial charge is 0.225 e. The summed E-state index contributed by atoms with van der Waals surface area (Å²) in [7, 11) is 4.06. The van der Waals surface area contributed by atoms with Gasteiger partial charge in [-0.1, -0.05) is 54.6 Å². The molecule has 0 atom stereocenters. The van der Waals surface area contributed by atoms with E-state index in [1.54, 1.807) is 0 Å². The maximum atomic E-state index is 5.99. The number of aromatic nitrogens is 2. The molecule has 0 aliphatic heterocycles. The Kier molecular flexibility index (Phi) is 7.62. The molecule has 1 heterocycles. The number of rotatable bonds is 9. The summed E-state index contributed by atoms with van der Waals surface area (Å²) in [5.41, 5.74) is 3.41. The molecule has 4 aromatic rings. The largest absolute Gasteiger partial charge is 0.489 e. The Bertz CT molecular complexity index is 1270. The van der Waals surface area contributed by atoms with Crippen LogP contribution in [-0.2, 0) is 13.2 Å². The van der Waals surface area contributed by atoms with Gasteiger partial charge < -0.3 is 20.3 Å². The van der Waals surface area contributed by atoms with Gasteiger partial charge in [-0.2, -0.15) is 4.98 Å². The van der Waals surface area contributed by atoms with Crippen molar-refractivity contribution in [3.8, 4) is 5.75 Å². The molecular formula is C30H35N5O. The van der Waals surface area contributed by atoms with Gasteiger partial charge in [0.1, 0.15) is 18.2 Å². The van der Waals surface area contributed by atoms with Gasteiger partial charge in [0.2, 0.25) is 5.95 Å². The first-order valence-corrected chi connectivity index (χ1v) is 12.8. The van der Waals surface area contributed by atoms with Crippen LogP contribution in [0.15, 0.2) is 78.9 Å². The van der Waals surface area contributed by atoms with Crippen LogP contribution in [0.2, 0.25) is 0 Å². The first kappa shape index (κ1) is 24.1. The summed E-state index contributed by atoms with van der Waals surface area (Å²) in [6, 6.07) is 27.8. The lowest BCUT2D eigenvalue weighted by Crippen LogP contribution is -2.37. The average molecular weight is 482 g/mol. The molecule has 5 rings (SSSR count). The second-order valence-corrected chi connectivity index (χ2v) is 9.78. The van der Waals surface area contributed by atoms with E-state index in [1.807, 2.05) is 50.5 Å². The average Bonchev–Trinajstić information content (AvgIpc) is 2.92. The number of hydrogen-bond acceptors (Lipinski definition) is 6. The van der Waals surface area contributed by atoms with E-state index >= 15 is 0 Å². The predicted molar refractivity (Wildman–Crippen MR) is 148 cm³/mol. The van der Waals surface area contributed by atoms with Gasteiger partial charge >= 0.3 is 0 Å². The second-order valence-electron chi connectivity index (χ2n) is 9.78. The SMILES string of the molecule is CN(C)c1nc(N[C@H]2CC[C@@H](NCc3cccc(OCc4ccccc4)c3)CC2)nc2ccccc12. The molecule has 6 heteroatoms. The molecule has 2 N–H and O–H groups in total. The van der Waals surface area contributed by atoms with Crippen molar-refractivity contribution >= 4 is 22.7 Å². The van der Waals surface area contributed by atoms with Gasteiger partial charge in [-0.25, -0.2) is 4.98 Å². The molecular weight excluding hydrogens is 446 g/mol. The zero-order valence-corrected chi connectivity index (χ0v) is 21.2. The number of hydrogen-bond donors (Lipinski definition) is 2. The molecule has 1 aliphatic carbocycles. The molecule has 0 spiro atoms. The van der Waals surface area contributed by atoms with Crippen molar-refractivity contribution in [1.29, 1.82) is 0 Å². The summed E-state index contributed by atoms with van der Waals surface area (Å²) < 4.78 is 5.99. The second kappa shape index (κ2) is 11.4. The van der Waals surface area contributed by atoms with Crippen LogP contribution in [0.25, 0.3) is 10.9 Å². The monoisotopic (exact) mass is 481 g/mol. The number of fused-ring (bicyclic) bond motifs is 1.